The van der Waals surface area contributed by atoms with Crippen molar-refractivity contribution in [2.45, 2.75) is 37.6 Å². The zero-order valence-electron chi connectivity index (χ0n) is 11.1. The number of aromatic nitrogens is 1. The Morgan fingerprint density at radius 1 is 1.30 bits per heavy atom. The Bertz CT molecular complexity index is 439. The van der Waals surface area contributed by atoms with Gasteiger partial charge >= 0.3 is 0 Å². The maximum Gasteiger partial charge on any atom is 0.252 e. The van der Waals surface area contributed by atoms with E-state index in [1.807, 2.05) is 0 Å². The van der Waals surface area contributed by atoms with Gasteiger partial charge in [-0.05, 0) is 34.8 Å². The standard InChI is InChI=1S/C13H18BrN3O.2ClH/c14-11-6-10(7-16-8-11)12(18)17-9-13(15)4-2-1-3-5-13;;/h6-8H,1-5,9,15H2,(H,17,18);2*1H. The van der Waals surface area contributed by atoms with E-state index < -0.39 is 0 Å². The number of carbonyl (C=O) groups excluding carboxylic acids is 1. The smallest absolute Gasteiger partial charge is 0.252 e. The Balaban J connectivity index is 0.00000180. The zero-order valence-corrected chi connectivity index (χ0v) is 14.3. The Morgan fingerprint density at radius 2 is 1.95 bits per heavy atom. The van der Waals surface area contributed by atoms with Crippen molar-refractivity contribution < 1.29 is 4.79 Å². The summed E-state index contributed by atoms with van der Waals surface area (Å²) in [5.41, 5.74) is 6.61. The third-order valence-corrected chi connectivity index (χ3v) is 3.85. The molecule has 0 spiro atoms. The molecule has 1 aromatic heterocycles. The van der Waals surface area contributed by atoms with Crippen molar-refractivity contribution in [1.82, 2.24) is 10.3 Å². The summed E-state index contributed by atoms with van der Waals surface area (Å²) < 4.78 is 0.801. The lowest BCUT2D eigenvalue weighted by atomic mass is 9.82. The van der Waals surface area contributed by atoms with E-state index in [4.69, 9.17) is 5.73 Å². The van der Waals surface area contributed by atoms with E-state index in [1.165, 1.54) is 6.42 Å². The predicted octanol–water partition coefficient (Wildman–Crippen LogP) is 3.08. The van der Waals surface area contributed by atoms with Gasteiger partial charge in [0.2, 0.25) is 0 Å². The first-order valence-electron chi connectivity index (χ1n) is 6.27. The Labute approximate surface area is 140 Å². The summed E-state index contributed by atoms with van der Waals surface area (Å²) in [4.78, 5) is 15.9. The van der Waals surface area contributed by atoms with Crippen LogP contribution in [-0.4, -0.2) is 23.0 Å². The van der Waals surface area contributed by atoms with Gasteiger partial charge in [0, 0.05) is 29.0 Å². The number of hydrogen-bond acceptors (Lipinski definition) is 3. The van der Waals surface area contributed by atoms with E-state index in [2.05, 4.69) is 26.2 Å². The number of nitrogens with two attached hydrogens (primary N) is 1. The van der Waals surface area contributed by atoms with E-state index in [0.717, 1.165) is 30.2 Å². The van der Waals surface area contributed by atoms with Crippen molar-refractivity contribution in [3.63, 3.8) is 0 Å². The molecule has 7 heteroatoms. The molecule has 4 nitrogen and oxygen atoms in total. The summed E-state index contributed by atoms with van der Waals surface area (Å²) in [6, 6.07) is 1.76. The number of halogens is 3. The molecule has 1 saturated carbocycles. The van der Waals surface area contributed by atoms with Gasteiger partial charge in [0.15, 0.2) is 0 Å². The van der Waals surface area contributed by atoms with E-state index in [1.54, 1.807) is 18.5 Å². The molecule has 0 radical (unpaired) electrons. The molecule has 1 aliphatic rings. The van der Waals surface area contributed by atoms with Gasteiger partial charge in [0.05, 0.1) is 5.56 Å². The second-order valence-corrected chi connectivity index (χ2v) is 5.91. The molecule has 1 amide bonds. The quantitative estimate of drug-likeness (QED) is 0.841. The molecule has 0 saturated heterocycles. The predicted molar refractivity (Wildman–Crippen MR) is 88.8 cm³/mol. The SMILES string of the molecule is Cl.Cl.NC1(CNC(=O)c2cncc(Br)c2)CCCCC1. The van der Waals surface area contributed by atoms with Crippen LogP contribution in [0.25, 0.3) is 0 Å². The van der Waals surface area contributed by atoms with Crippen LogP contribution in [0.15, 0.2) is 22.9 Å². The van der Waals surface area contributed by atoms with Gasteiger partial charge < -0.3 is 11.1 Å². The molecule has 20 heavy (non-hydrogen) atoms. The van der Waals surface area contributed by atoms with E-state index in [9.17, 15) is 4.79 Å². The maximum absolute atomic E-state index is 12.0. The Hall–Kier alpha value is -0.360. The fourth-order valence-electron chi connectivity index (χ4n) is 2.33. The average Bonchev–Trinajstić information content (AvgIpc) is 2.37. The number of hydrogen-bond donors (Lipinski definition) is 2. The highest BCUT2D eigenvalue weighted by molar-refractivity contribution is 9.10. The van der Waals surface area contributed by atoms with Crippen LogP contribution in [0.4, 0.5) is 0 Å². The van der Waals surface area contributed by atoms with Crippen molar-refractivity contribution in [2.24, 2.45) is 5.73 Å². The highest BCUT2D eigenvalue weighted by atomic mass is 79.9. The van der Waals surface area contributed by atoms with Gasteiger partial charge in [-0.2, -0.15) is 0 Å². The molecule has 1 fully saturated rings. The Kier molecular flexibility index (Phi) is 8.66. The van der Waals surface area contributed by atoms with Crippen LogP contribution in [-0.2, 0) is 0 Å². The van der Waals surface area contributed by atoms with Crippen LogP contribution in [0.2, 0.25) is 0 Å². The van der Waals surface area contributed by atoms with Crippen LogP contribution in [0.3, 0.4) is 0 Å². The van der Waals surface area contributed by atoms with Crippen molar-refractivity contribution in [2.75, 3.05) is 6.54 Å². The summed E-state index contributed by atoms with van der Waals surface area (Å²) in [5.74, 6) is -0.112. The van der Waals surface area contributed by atoms with Crippen LogP contribution in [0, 0.1) is 0 Å². The number of nitrogens with one attached hydrogen (secondary N) is 1. The third-order valence-electron chi connectivity index (χ3n) is 3.42. The molecule has 114 valence electrons. The molecule has 1 heterocycles. The minimum Gasteiger partial charge on any atom is -0.350 e. The first-order valence-corrected chi connectivity index (χ1v) is 7.06. The monoisotopic (exact) mass is 383 g/mol. The molecule has 1 aromatic rings. The second-order valence-electron chi connectivity index (χ2n) is 5.00. The lowest BCUT2D eigenvalue weighted by molar-refractivity contribution is 0.0937. The van der Waals surface area contributed by atoms with Crippen molar-refractivity contribution >= 4 is 46.7 Å². The molecular formula is C13H20BrCl2N3O. The molecule has 0 aliphatic heterocycles. The maximum atomic E-state index is 12.0. The fourth-order valence-corrected chi connectivity index (χ4v) is 2.69. The molecule has 0 unspecified atom stereocenters. The van der Waals surface area contributed by atoms with Crippen molar-refractivity contribution in [1.29, 1.82) is 0 Å². The molecular weight excluding hydrogens is 365 g/mol. The Morgan fingerprint density at radius 3 is 2.55 bits per heavy atom. The third kappa shape index (κ3) is 5.56. The lowest BCUT2D eigenvalue weighted by Gasteiger charge is -2.33. The minimum absolute atomic E-state index is 0. The number of pyridine rings is 1. The number of carbonyl (C=O) groups is 1. The molecule has 1 aliphatic carbocycles. The zero-order chi connectivity index (χ0) is 13.0. The van der Waals surface area contributed by atoms with Gasteiger partial charge in [-0.25, -0.2) is 0 Å². The van der Waals surface area contributed by atoms with Gasteiger partial charge in [0.25, 0.3) is 5.91 Å². The van der Waals surface area contributed by atoms with Crippen molar-refractivity contribution in [3.8, 4) is 0 Å². The molecule has 0 aromatic carbocycles. The summed E-state index contributed by atoms with van der Waals surface area (Å²) >= 11 is 3.30. The van der Waals surface area contributed by atoms with Gasteiger partial charge in [-0.1, -0.05) is 19.3 Å². The summed E-state index contributed by atoms with van der Waals surface area (Å²) in [6.07, 6.45) is 8.76. The summed E-state index contributed by atoms with van der Waals surface area (Å²) in [6.45, 7) is 0.540. The van der Waals surface area contributed by atoms with Gasteiger partial charge in [-0.15, -0.1) is 24.8 Å². The molecule has 2 rings (SSSR count). The van der Waals surface area contributed by atoms with Crippen LogP contribution in [0.1, 0.15) is 42.5 Å². The number of amides is 1. The lowest BCUT2D eigenvalue weighted by Crippen LogP contribution is -2.51. The summed E-state index contributed by atoms with van der Waals surface area (Å²) in [5, 5.41) is 2.91. The van der Waals surface area contributed by atoms with Crippen LogP contribution in [0.5, 0.6) is 0 Å². The average molecular weight is 385 g/mol. The van der Waals surface area contributed by atoms with E-state index >= 15 is 0 Å². The van der Waals surface area contributed by atoms with Crippen LogP contribution < -0.4 is 11.1 Å². The first kappa shape index (κ1) is 19.6. The fraction of sp³-hybridized carbons (Fsp3) is 0.538. The summed E-state index contributed by atoms with van der Waals surface area (Å²) in [7, 11) is 0. The van der Waals surface area contributed by atoms with Crippen LogP contribution >= 0.6 is 40.7 Å². The molecule has 0 bridgehead atoms. The first-order chi connectivity index (χ1) is 8.59. The molecule has 0 atom stereocenters. The number of rotatable bonds is 3. The van der Waals surface area contributed by atoms with Gasteiger partial charge in [-0.3, -0.25) is 9.78 Å². The second kappa shape index (κ2) is 8.82. The van der Waals surface area contributed by atoms with Crippen molar-refractivity contribution in [3.05, 3.63) is 28.5 Å². The highest BCUT2D eigenvalue weighted by Crippen LogP contribution is 2.25. The number of nitrogens with zero attached hydrogens (tertiary/aromatic N) is 1. The largest absolute Gasteiger partial charge is 0.350 e. The van der Waals surface area contributed by atoms with Gasteiger partial charge in [0.1, 0.15) is 0 Å². The molecule has 3 N–H and O–H groups in total. The van der Waals surface area contributed by atoms with E-state index in [0.29, 0.717) is 12.1 Å². The minimum atomic E-state index is -0.229. The highest BCUT2D eigenvalue weighted by Gasteiger charge is 2.27. The normalized spacial score (nSPS) is 16.5. The topological polar surface area (TPSA) is 68.0 Å². The van der Waals surface area contributed by atoms with E-state index in [-0.39, 0.29) is 36.3 Å².